The lowest BCUT2D eigenvalue weighted by molar-refractivity contribution is -0.136. The van der Waals surface area contributed by atoms with Crippen molar-refractivity contribution in [1.29, 1.82) is 0 Å². The molecule has 126 valence electrons. The quantitative estimate of drug-likeness (QED) is 0.833. The summed E-state index contributed by atoms with van der Waals surface area (Å²) in [5, 5.41) is 3.02. The molecule has 0 spiro atoms. The normalized spacial score (nSPS) is 18.3. The Kier molecular flexibility index (Phi) is 5.74. The number of rotatable bonds is 5. The van der Waals surface area contributed by atoms with E-state index in [1.165, 1.54) is 7.11 Å². The molecule has 3 N–H and O–H groups in total. The predicted octanol–water partition coefficient (Wildman–Crippen LogP) is 0.614. The second-order valence-electron chi connectivity index (χ2n) is 6.13. The summed E-state index contributed by atoms with van der Waals surface area (Å²) in [4.78, 5) is 26.0. The molecule has 0 bridgehead atoms. The molecule has 1 saturated heterocycles. The monoisotopic (exact) mass is 319 g/mol. The number of nitrogens with zero attached hydrogens (tertiary/aromatic N) is 1. The number of nitrogens with two attached hydrogens (primary N) is 1. The van der Waals surface area contributed by atoms with E-state index in [1.54, 1.807) is 11.8 Å². The Morgan fingerprint density at radius 3 is 2.48 bits per heavy atom. The fourth-order valence-electron chi connectivity index (χ4n) is 2.74. The molecule has 6 heteroatoms. The van der Waals surface area contributed by atoms with Crippen molar-refractivity contribution in [3.63, 3.8) is 0 Å². The van der Waals surface area contributed by atoms with Crippen molar-refractivity contribution in [2.45, 2.75) is 31.3 Å². The second kappa shape index (κ2) is 7.57. The lowest BCUT2D eigenvalue weighted by Crippen LogP contribution is -2.54. The maximum atomic E-state index is 12.5. The Morgan fingerprint density at radius 2 is 1.91 bits per heavy atom. The molecule has 1 aromatic rings. The van der Waals surface area contributed by atoms with Crippen LogP contribution in [0.25, 0.3) is 0 Å². The Bertz CT molecular complexity index is 537. The summed E-state index contributed by atoms with van der Waals surface area (Å²) in [6.45, 7) is 3.07. The Labute approximate surface area is 137 Å². The van der Waals surface area contributed by atoms with E-state index in [1.807, 2.05) is 30.3 Å². The zero-order chi connectivity index (χ0) is 16.9. The second-order valence-corrected chi connectivity index (χ2v) is 6.13. The molecule has 2 rings (SSSR count). The maximum absolute atomic E-state index is 12.5. The zero-order valence-electron chi connectivity index (χ0n) is 13.7. The standard InChI is InChI=1S/C17H25N3O3/c1-17(18,13-6-4-3-5-7-13)16(22)19-14-8-10-20(11-9-14)15(21)12-23-2/h3-7,14H,8-12,18H2,1-2H3,(H,19,22). The van der Waals surface area contributed by atoms with Gasteiger partial charge in [-0.1, -0.05) is 30.3 Å². The van der Waals surface area contributed by atoms with Gasteiger partial charge in [0.1, 0.15) is 12.1 Å². The van der Waals surface area contributed by atoms with Crippen LogP contribution in [0.4, 0.5) is 0 Å². The smallest absolute Gasteiger partial charge is 0.248 e. The minimum absolute atomic E-state index is 0.00905. The number of hydrogen-bond acceptors (Lipinski definition) is 4. The number of ether oxygens (including phenoxy) is 1. The van der Waals surface area contributed by atoms with Crippen molar-refractivity contribution in [3.05, 3.63) is 35.9 Å². The lowest BCUT2D eigenvalue weighted by Gasteiger charge is -2.34. The molecule has 1 heterocycles. The average Bonchev–Trinajstić information content (AvgIpc) is 2.56. The predicted molar refractivity (Wildman–Crippen MR) is 87.6 cm³/mol. The van der Waals surface area contributed by atoms with Crippen LogP contribution in [0, 0.1) is 0 Å². The van der Waals surface area contributed by atoms with Gasteiger partial charge in [0.2, 0.25) is 11.8 Å². The van der Waals surface area contributed by atoms with Crippen molar-refractivity contribution >= 4 is 11.8 Å². The molecular formula is C17H25N3O3. The summed E-state index contributed by atoms with van der Waals surface area (Å²) < 4.78 is 4.86. The van der Waals surface area contributed by atoms with Crippen molar-refractivity contribution in [2.24, 2.45) is 5.73 Å². The van der Waals surface area contributed by atoms with E-state index in [-0.39, 0.29) is 24.5 Å². The highest BCUT2D eigenvalue weighted by Crippen LogP contribution is 2.19. The van der Waals surface area contributed by atoms with Crippen LogP contribution in [-0.4, -0.2) is 49.6 Å². The summed E-state index contributed by atoms with van der Waals surface area (Å²) in [6.07, 6.45) is 1.46. The number of benzene rings is 1. The molecule has 0 radical (unpaired) electrons. The minimum atomic E-state index is -1.07. The third kappa shape index (κ3) is 4.30. The van der Waals surface area contributed by atoms with Gasteiger partial charge in [-0.2, -0.15) is 0 Å². The van der Waals surface area contributed by atoms with Crippen LogP contribution >= 0.6 is 0 Å². The minimum Gasteiger partial charge on any atom is -0.375 e. The molecule has 6 nitrogen and oxygen atoms in total. The average molecular weight is 319 g/mol. The summed E-state index contributed by atoms with van der Waals surface area (Å²) in [7, 11) is 1.51. The van der Waals surface area contributed by atoms with Gasteiger partial charge in [-0.15, -0.1) is 0 Å². The highest BCUT2D eigenvalue weighted by atomic mass is 16.5. The number of methoxy groups -OCH3 is 1. The first-order valence-electron chi connectivity index (χ1n) is 7.87. The van der Waals surface area contributed by atoms with Gasteiger partial charge in [-0.05, 0) is 25.3 Å². The molecule has 0 saturated carbocycles. The van der Waals surface area contributed by atoms with Crippen LogP contribution in [0.15, 0.2) is 30.3 Å². The van der Waals surface area contributed by atoms with Gasteiger partial charge in [0.25, 0.3) is 0 Å². The molecule has 1 unspecified atom stereocenters. The molecule has 0 aromatic heterocycles. The third-order valence-corrected chi connectivity index (χ3v) is 4.30. The summed E-state index contributed by atoms with van der Waals surface area (Å²) >= 11 is 0. The van der Waals surface area contributed by atoms with Gasteiger partial charge in [0.15, 0.2) is 0 Å². The van der Waals surface area contributed by atoms with E-state index >= 15 is 0 Å². The molecule has 2 amide bonds. The van der Waals surface area contributed by atoms with E-state index in [0.29, 0.717) is 13.1 Å². The molecule has 23 heavy (non-hydrogen) atoms. The van der Waals surface area contributed by atoms with Crippen molar-refractivity contribution < 1.29 is 14.3 Å². The van der Waals surface area contributed by atoms with Crippen molar-refractivity contribution in [3.8, 4) is 0 Å². The highest BCUT2D eigenvalue weighted by molar-refractivity contribution is 5.87. The van der Waals surface area contributed by atoms with Crippen LogP contribution in [-0.2, 0) is 19.9 Å². The van der Waals surface area contributed by atoms with Gasteiger partial charge < -0.3 is 20.7 Å². The Morgan fingerprint density at radius 1 is 1.30 bits per heavy atom. The lowest BCUT2D eigenvalue weighted by atomic mass is 9.91. The third-order valence-electron chi connectivity index (χ3n) is 4.30. The first-order chi connectivity index (χ1) is 10.9. The summed E-state index contributed by atoms with van der Waals surface area (Å²) in [6, 6.07) is 9.38. The number of hydrogen-bond donors (Lipinski definition) is 2. The summed E-state index contributed by atoms with van der Waals surface area (Å²) in [5.41, 5.74) is 5.94. The first kappa shape index (κ1) is 17.4. The largest absolute Gasteiger partial charge is 0.375 e. The van der Waals surface area contributed by atoms with E-state index in [0.717, 1.165) is 18.4 Å². The van der Waals surface area contributed by atoms with Gasteiger partial charge >= 0.3 is 0 Å². The number of piperidine rings is 1. The van der Waals surface area contributed by atoms with Crippen LogP contribution in [0.2, 0.25) is 0 Å². The van der Waals surface area contributed by atoms with Crippen molar-refractivity contribution in [2.75, 3.05) is 26.8 Å². The van der Waals surface area contributed by atoms with E-state index in [4.69, 9.17) is 10.5 Å². The Balaban J connectivity index is 1.89. The first-order valence-corrected chi connectivity index (χ1v) is 7.87. The van der Waals surface area contributed by atoms with Gasteiger partial charge in [0.05, 0.1) is 0 Å². The number of nitrogens with one attached hydrogen (secondary N) is 1. The fourth-order valence-corrected chi connectivity index (χ4v) is 2.74. The molecule has 1 aromatic carbocycles. The van der Waals surface area contributed by atoms with E-state index in [9.17, 15) is 9.59 Å². The van der Waals surface area contributed by atoms with Crippen LogP contribution < -0.4 is 11.1 Å². The number of likely N-dealkylation sites (tertiary alicyclic amines) is 1. The molecule has 1 atom stereocenters. The number of carbonyl (C=O) groups excluding carboxylic acids is 2. The number of carbonyl (C=O) groups is 2. The number of amides is 2. The highest BCUT2D eigenvalue weighted by Gasteiger charge is 2.33. The summed E-state index contributed by atoms with van der Waals surface area (Å²) in [5.74, 6) is -0.199. The van der Waals surface area contributed by atoms with Gasteiger partial charge in [0, 0.05) is 26.2 Å². The van der Waals surface area contributed by atoms with Crippen LogP contribution in [0.5, 0.6) is 0 Å². The molecule has 1 aliphatic rings. The van der Waals surface area contributed by atoms with Gasteiger partial charge in [-0.3, -0.25) is 9.59 Å². The molecule has 0 aliphatic carbocycles. The SMILES string of the molecule is COCC(=O)N1CCC(NC(=O)C(C)(N)c2ccccc2)CC1. The van der Waals surface area contributed by atoms with E-state index in [2.05, 4.69) is 5.32 Å². The molecule has 1 fully saturated rings. The topological polar surface area (TPSA) is 84.7 Å². The van der Waals surface area contributed by atoms with E-state index < -0.39 is 5.54 Å². The molecular weight excluding hydrogens is 294 g/mol. The van der Waals surface area contributed by atoms with Gasteiger partial charge in [-0.25, -0.2) is 0 Å². The molecule has 1 aliphatic heterocycles. The van der Waals surface area contributed by atoms with Crippen LogP contribution in [0.1, 0.15) is 25.3 Å². The van der Waals surface area contributed by atoms with Crippen LogP contribution in [0.3, 0.4) is 0 Å². The van der Waals surface area contributed by atoms with Crippen molar-refractivity contribution in [1.82, 2.24) is 10.2 Å². The maximum Gasteiger partial charge on any atom is 0.248 e. The fraction of sp³-hybridized carbons (Fsp3) is 0.529. The Hall–Kier alpha value is -1.92. The zero-order valence-corrected chi connectivity index (χ0v) is 13.7.